The maximum atomic E-state index is 14.3. The van der Waals surface area contributed by atoms with Gasteiger partial charge in [-0.15, -0.1) is 0 Å². The van der Waals surface area contributed by atoms with E-state index in [9.17, 15) is 18.9 Å². The number of hydrogen-bond donors (Lipinski definition) is 1. The van der Waals surface area contributed by atoms with Crippen molar-refractivity contribution in [2.24, 2.45) is 0 Å². The quantitative estimate of drug-likeness (QED) is 0.304. The summed E-state index contributed by atoms with van der Waals surface area (Å²) in [6, 6.07) is 6.20. The lowest BCUT2D eigenvalue weighted by Crippen LogP contribution is -2.12. The van der Waals surface area contributed by atoms with Crippen LogP contribution in [0.3, 0.4) is 0 Å². The predicted octanol–water partition coefficient (Wildman–Crippen LogP) is 4.51. The molecule has 1 N–H and O–H groups in total. The first-order chi connectivity index (χ1) is 11.4. The average molecular weight is 450 g/mol. The van der Waals surface area contributed by atoms with Crippen molar-refractivity contribution in [3.63, 3.8) is 0 Å². The fraction of sp³-hybridized carbons (Fsp3) is 0.200. The number of nitro groups is 1. The van der Waals surface area contributed by atoms with Crippen LogP contribution in [-0.2, 0) is 9.47 Å². The molecular formula is C15H13F2IN2O4. The molecule has 0 aromatic heterocycles. The molecule has 0 aliphatic carbocycles. The standard InChI is InChI=1S/C15H13F2IN2O4/c1-23-15(24-2)13-9(16)4-6-12(20(21)22)14(13)19-11-5-3-8(18)7-10(11)17/h3-7,15,19H,1-2H3. The second-order valence-corrected chi connectivity index (χ2v) is 5.91. The molecule has 0 radical (unpaired) electrons. The lowest BCUT2D eigenvalue weighted by Gasteiger charge is -2.19. The third-order valence-electron chi connectivity index (χ3n) is 3.22. The molecule has 0 saturated carbocycles. The molecule has 6 nitrogen and oxygen atoms in total. The highest BCUT2D eigenvalue weighted by Gasteiger charge is 2.27. The van der Waals surface area contributed by atoms with Crippen molar-refractivity contribution in [1.29, 1.82) is 0 Å². The topological polar surface area (TPSA) is 73.6 Å². The van der Waals surface area contributed by atoms with Gasteiger partial charge in [0.15, 0.2) is 6.29 Å². The Morgan fingerprint density at radius 1 is 1.17 bits per heavy atom. The van der Waals surface area contributed by atoms with Gasteiger partial charge in [-0.1, -0.05) is 0 Å². The van der Waals surface area contributed by atoms with Crippen molar-refractivity contribution >= 4 is 39.7 Å². The smallest absolute Gasteiger partial charge is 0.293 e. The van der Waals surface area contributed by atoms with Gasteiger partial charge in [0.2, 0.25) is 0 Å². The normalized spacial score (nSPS) is 10.9. The second-order valence-electron chi connectivity index (χ2n) is 4.66. The van der Waals surface area contributed by atoms with Crippen LogP contribution in [0, 0.1) is 25.3 Å². The maximum absolute atomic E-state index is 14.3. The van der Waals surface area contributed by atoms with Crippen molar-refractivity contribution in [1.82, 2.24) is 0 Å². The van der Waals surface area contributed by atoms with Gasteiger partial charge < -0.3 is 14.8 Å². The molecule has 2 rings (SSSR count). The van der Waals surface area contributed by atoms with E-state index in [2.05, 4.69) is 5.32 Å². The summed E-state index contributed by atoms with van der Waals surface area (Å²) in [4.78, 5) is 10.6. The number of methoxy groups -OCH3 is 2. The number of hydrogen-bond acceptors (Lipinski definition) is 5. The summed E-state index contributed by atoms with van der Waals surface area (Å²) >= 11 is 1.93. The van der Waals surface area contributed by atoms with E-state index in [0.717, 1.165) is 12.1 Å². The van der Waals surface area contributed by atoms with Gasteiger partial charge in [-0.2, -0.15) is 0 Å². The molecule has 128 valence electrons. The van der Waals surface area contributed by atoms with E-state index in [0.29, 0.717) is 3.57 Å². The predicted molar refractivity (Wildman–Crippen MR) is 92.2 cm³/mol. The van der Waals surface area contributed by atoms with Gasteiger partial charge in [0.25, 0.3) is 5.69 Å². The molecule has 9 heteroatoms. The summed E-state index contributed by atoms with van der Waals surface area (Å²) in [6.45, 7) is 0. The zero-order valence-electron chi connectivity index (χ0n) is 12.7. The zero-order chi connectivity index (χ0) is 17.9. The number of ether oxygens (including phenoxy) is 2. The van der Waals surface area contributed by atoms with Gasteiger partial charge in [-0.25, -0.2) is 8.78 Å². The van der Waals surface area contributed by atoms with E-state index in [-0.39, 0.29) is 16.9 Å². The number of nitro benzene ring substituents is 1. The Labute approximate surface area is 150 Å². The molecular weight excluding hydrogens is 437 g/mol. The van der Waals surface area contributed by atoms with E-state index in [1.807, 2.05) is 22.6 Å². The minimum atomic E-state index is -1.20. The van der Waals surface area contributed by atoms with Crippen LogP contribution in [0.25, 0.3) is 0 Å². The molecule has 0 atom stereocenters. The molecule has 0 unspecified atom stereocenters. The third-order valence-corrected chi connectivity index (χ3v) is 3.89. The van der Waals surface area contributed by atoms with E-state index in [4.69, 9.17) is 9.47 Å². The van der Waals surface area contributed by atoms with E-state index < -0.39 is 28.5 Å². The number of nitrogens with zero attached hydrogens (tertiary/aromatic N) is 1. The van der Waals surface area contributed by atoms with Crippen molar-refractivity contribution in [2.45, 2.75) is 6.29 Å². The highest BCUT2D eigenvalue weighted by molar-refractivity contribution is 14.1. The minimum absolute atomic E-state index is 0.0312. The van der Waals surface area contributed by atoms with Crippen LogP contribution in [-0.4, -0.2) is 19.1 Å². The molecule has 0 fully saturated rings. The Kier molecular flexibility index (Phi) is 6.02. The summed E-state index contributed by atoms with van der Waals surface area (Å²) in [5, 5.41) is 13.9. The lowest BCUT2D eigenvalue weighted by atomic mass is 10.1. The van der Waals surface area contributed by atoms with Gasteiger partial charge in [0.05, 0.1) is 16.2 Å². The third kappa shape index (κ3) is 3.79. The molecule has 0 aliphatic rings. The number of anilines is 2. The first kappa shape index (κ1) is 18.5. The molecule has 0 spiro atoms. The molecule has 2 aromatic rings. The number of benzene rings is 2. The highest BCUT2D eigenvalue weighted by atomic mass is 127. The van der Waals surface area contributed by atoms with Crippen molar-refractivity contribution in [2.75, 3.05) is 19.5 Å². The van der Waals surface area contributed by atoms with Gasteiger partial charge in [-0.3, -0.25) is 10.1 Å². The molecule has 0 saturated heterocycles. The molecule has 24 heavy (non-hydrogen) atoms. The Morgan fingerprint density at radius 2 is 1.83 bits per heavy atom. The Balaban J connectivity index is 2.64. The van der Waals surface area contributed by atoms with Crippen LogP contribution in [0.5, 0.6) is 0 Å². The van der Waals surface area contributed by atoms with Gasteiger partial charge in [-0.05, 0) is 46.9 Å². The van der Waals surface area contributed by atoms with Gasteiger partial charge in [0, 0.05) is 23.9 Å². The SMILES string of the molecule is COC(OC)c1c(F)ccc([N+](=O)[O-])c1Nc1ccc(I)cc1F. The van der Waals surface area contributed by atoms with Crippen LogP contribution in [0.2, 0.25) is 0 Å². The minimum Gasteiger partial charge on any atom is -0.351 e. The fourth-order valence-electron chi connectivity index (χ4n) is 2.15. The van der Waals surface area contributed by atoms with Crippen molar-refractivity contribution < 1.29 is 23.2 Å². The monoisotopic (exact) mass is 450 g/mol. The molecule has 0 heterocycles. The Hall–Kier alpha value is -1.85. The zero-order valence-corrected chi connectivity index (χ0v) is 14.8. The van der Waals surface area contributed by atoms with Crippen molar-refractivity contribution in [3.8, 4) is 0 Å². The summed E-state index contributed by atoms with van der Waals surface area (Å²) in [5.41, 5.74) is -0.902. The van der Waals surface area contributed by atoms with E-state index in [1.165, 1.54) is 26.4 Å². The van der Waals surface area contributed by atoms with Crippen LogP contribution < -0.4 is 5.32 Å². The Bertz CT molecular complexity index is 769. The van der Waals surface area contributed by atoms with E-state index >= 15 is 0 Å². The fourth-order valence-corrected chi connectivity index (χ4v) is 2.61. The average Bonchev–Trinajstić information content (AvgIpc) is 2.53. The second kappa shape index (κ2) is 7.81. The summed E-state index contributed by atoms with van der Waals surface area (Å²) < 4.78 is 39.0. The summed E-state index contributed by atoms with van der Waals surface area (Å²) in [5.74, 6) is -1.40. The van der Waals surface area contributed by atoms with E-state index in [1.54, 1.807) is 6.07 Å². The Morgan fingerprint density at radius 3 is 2.38 bits per heavy atom. The number of rotatable bonds is 6. The molecule has 2 aromatic carbocycles. The first-order valence-electron chi connectivity index (χ1n) is 6.63. The van der Waals surface area contributed by atoms with Crippen LogP contribution >= 0.6 is 22.6 Å². The largest absolute Gasteiger partial charge is 0.351 e. The van der Waals surface area contributed by atoms with Gasteiger partial charge >= 0.3 is 0 Å². The highest BCUT2D eigenvalue weighted by Crippen LogP contribution is 2.38. The molecule has 0 aliphatic heterocycles. The maximum Gasteiger partial charge on any atom is 0.293 e. The van der Waals surface area contributed by atoms with Gasteiger partial charge in [0.1, 0.15) is 17.3 Å². The molecule has 0 bridgehead atoms. The number of nitrogens with one attached hydrogen (secondary N) is 1. The number of halogens is 3. The summed E-state index contributed by atoms with van der Waals surface area (Å²) in [7, 11) is 2.53. The first-order valence-corrected chi connectivity index (χ1v) is 7.71. The van der Waals surface area contributed by atoms with Crippen LogP contribution in [0.15, 0.2) is 30.3 Å². The summed E-state index contributed by atoms with van der Waals surface area (Å²) in [6.07, 6.45) is -1.20. The molecule has 0 amide bonds. The lowest BCUT2D eigenvalue weighted by molar-refractivity contribution is -0.384. The van der Waals surface area contributed by atoms with Crippen LogP contribution in [0.4, 0.5) is 25.8 Å². The van der Waals surface area contributed by atoms with Crippen molar-refractivity contribution in [3.05, 3.63) is 61.2 Å². The van der Waals surface area contributed by atoms with Crippen LogP contribution in [0.1, 0.15) is 11.9 Å².